The molecule has 0 spiro atoms. The summed E-state index contributed by atoms with van der Waals surface area (Å²) < 4.78 is 10.8. The van der Waals surface area contributed by atoms with Gasteiger partial charge in [-0.25, -0.2) is 0 Å². The molecule has 0 bridgehead atoms. The summed E-state index contributed by atoms with van der Waals surface area (Å²) in [5.41, 5.74) is -0.306. The lowest BCUT2D eigenvalue weighted by Crippen LogP contribution is -2.37. The maximum Gasteiger partial charge on any atom is 0.309 e. The van der Waals surface area contributed by atoms with Crippen LogP contribution < -0.4 is 0 Å². The molecule has 0 aromatic carbocycles. The molecule has 0 saturated heterocycles. The van der Waals surface area contributed by atoms with Crippen LogP contribution in [0.4, 0.5) is 0 Å². The molecule has 0 N–H and O–H groups in total. The molecule has 1 heterocycles. The molecule has 2 rings (SSSR count). The Hall–Kier alpha value is -0.830. The van der Waals surface area contributed by atoms with Gasteiger partial charge in [0.1, 0.15) is 12.2 Å². The Morgan fingerprint density at radius 3 is 2.93 bits per heavy atom. The highest BCUT2D eigenvalue weighted by atomic mass is 16.6. The van der Waals surface area contributed by atoms with E-state index in [1.54, 1.807) is 0 Å². The van der Waals surface area contributed by atoms with Gasteiger partial charge in [0, 0.05) is 0 Å². The highest BCUT2D eigenvalue weighted by Gasteiger charge is 2.34. The highest BCUT2D eigenvalue weighted by Crippen LogP contribution is 2.31. The predicted octanol–water partition coefficient (Wildman–Crippen LogP) is 1.67. The lowest BCUT2D eigenvalue weighted by molar-refractivity contribution is -0.155. The highest BCUT2D eigenvalue weighted by molar-refractivity contribution is 5.74. The van der Waals surface area contributed by atoms with E-state index in [-0.39, 0.29) is 17.5 Å². The quantitative estimate of drug-likeness (QED) is 0.509. The molecule has 1 atom stereocenters. The first kappa shape index (κ1) is 9.71. The predicted molar refractivity (Wildman–Crippen MR) is 51.8 cm³/mol. The van der Waals surface area contributed by atoms with Crippen LogP contribution in [0.1, 0.15) is 26.2 Å². The Bertz CT molecular complexity index is 255. The third-order valence-electron chi connectivity index (χ3n) is 2.67. The minimum absolute atomic E-state index is 0.0515. The number of hydrogen-bond donors (Lipinski definition) is 0. The Kier molecular flexibility index (Phi) is 2.59. The van der Waals surface area contributed by atoms with Crippen molar-refractivity contribution >= 4 is 5.97 Å². The van der Waals surface area contributed by atoms with Gasteiger partial charge in [-0.05, 0) is 26.2 Å². The van der Waals surface area contributed by atoms with Crippen molar-refractivity contribution in [1.29, 1.82) is 0 Å². The standard InChI is InChI=1S/C11H16O3/c1-11(6-2-3-7-14-11)8-13-10(12)9-4-5-9/h2-3,9H,4-8H2,1H3. The number of carbonyl (C=O) groups is 1. The zero-order valence-electron chi connectivity index (χ0n) is 8.49. The average molecular weight is 196 g/mol. The summed E-state index contributed by atoms with van der Waals surface area (Å²) in [5.74, 6) is 0.127. The molecule has 1 aliphatic heterocycles. The lowest BCUT2D eigenvalue weighted by atomic mass is 10.0. The largest absolute Gasteiger partial charge is 0.462 e. The fourth-order valence-electron chi connectivity index (χ4n) is 1.47. The summed E-state index contributed by atoms with van der Waals surface area (Å²) >= 11 is 0. The van der Waals surface area contributed by atoms with Gasteiger partial charge in [0.2, 0.25) is 0 Å². The zero-order chi connectivity index (χ0) is 10.0. The van der Waals surface area contributed by atoms with Crippen molar-refractivity contribution in [2.45, 2.75) is 31.8 Å². The van der Waals surface area contributed by atoms with E-state index in [9.17, 15) is 4.79 Å². The number of hydrogen-bond acceptors (Lipinski definition) is 3. The van der Waals surface area contributed by atoms with Gasteiger partial charge in [-0.3, -0.25) is 4.79 Å². The van der Waals surface area contributed by atoms with Crippen molar-refractivity contribution in [1.82, 2.24) is 0 Å². The molecular formula is C11H16O3. The second kappa shape index (κ2) is 3.73. The monoisotopic (exact) mass is 196 g/mol. The van der Waals surface area contributed by atoms with Gasteiger partial charge in [-0.1, -0.05) is 12.2 Å². The number of ether oxygens (including phenoxy) is 2. The summed E-state index contributed by atoms with van der Waals surface area (Å²) in [6, 6.07) is 0. The van der Waals surface area contributed by atoms with Crippen LogP contribution in [0, 0.1) is 5.92 Å². The smallest absolute Gasteiger partial charge is 0.309 e. The fourth-order valence-corrected chi connectivity index (χ4v) is 1.47. The van der Waals surface area contributed by atoms with Gasteiger partial charge in [-0.15, -0.1) is 0 Å². The van der Waals surface area contributed by atoms with Gasteiger partial charge < -0.3 is 9.47 Å². The fraction of sp³-hybridized carbons (Fsp3) is 0.727. The Morgan fingerprint density at radius 2 is 2.36 bits per heavy atom. The second-order valence-corrected chi connectivity index (χ2v) is 4.32. The Morgan fingerprint density at radius 1 is 1.57 bits per heavy atom. The molecule has 1 unspecified atom stereocenters. The molecule has 2 aliphatic rings. The SMILES string of the molecule is CC1(COC(=O)C2CC2)CC=CCO1. The van der Waals surface area contributed by atoms with Crippen molar-refractivity contribution in [3.8, 4) is 0 Å². The lowest BCUT2D eigenvalue weighted by Gasteiger charge is -2.30. The van der Waals surface area contributed by atoms with Crippen LogP contribution in [0.5, 0.6) is 0 Å². The molecule has 14 heavy (non-hydrogen) atoms. The maximum absolute atomic E-state index is 11.3. The van der Waals surface area contributed by atoms with Crippen molar-refractivity contribution in [3.05, 3.63) is 12.2 Å². The molecule has 1 aliphatic carbocycles. The van der Waals surface area contributed by atoms with Crippen LogP contribution >= 0.6 is 0 Å². The summed E-state index contributed by atoms with van der Waals surface area (Å²) in [4.78, 5) is 11.3. The molecule has 78 valence electrons. The normalized spacial score (nSPS) is 31.5. The van der Waals surface area contributed by atoms with E-state index in [0.29, 0.717) is 13.2 Å². The van der Waals surface area contributed by atoms with Crippen LogP contribution in [-0.2, 0) is 14.3 Å². The number of rotatable bonds is 3. The number of carbonyl (C=O) groups excluding carboxylic acids is 1. The molecule has 1 fully saturated rings. The van der Waals surface area contributed by atoms with E-state index in [2.05, 4.69) is 6.08 Å². The van der Waals surface area contributed by atoms with Gasteiger partial charge in [0.25, 0.3) is 0 Å². The van der Waals surface area contributed by atoms with Crippen LogP contribution in [-0.4, -0.2) is 24.8 Å². The first-order chi connectivity index (χ1) is 6.70. The average Bonchev–Trinajstić information content (AvgIpc) is 2.99. The van der Waals surface area contributed by atoms with Gasteiger partial charge in [-0.2, -0.15) is 0 Å². The van der Waals surface area contributed by atoms with E-state index >= 15 is 0 Å². The molecule has 3 heteroatoms. The van der Waals surface area contributed by atoms with Gasteiger partial charge in [0.05, 0.1) is 12.5 Å². The van der Waals surface area contributed by atoms with Crippen LogP contribution in [0.3, 0.4) is 0 Å². The first-order valence-electron chi connectivity index (χ1n) is 5.15. The van der Waals surface area contributed by atoms with Gasteiger partial charge in [0.15, 0.2) is 0 Å². The second-order valence-electron chi connectivity index (χ2n) is 4.32. The minimum atomic E-state index is -0.306. The summed E-state index contributed by atoms with van der Waals surface area (Å²) in [6.45, 7) is 2.99. The van der Waals surface area contributed by atoms with Crippen molar-refractivity contribution in [2.75, 3.05) is 13.2 Å². The van der Waals surface area contributed by atoms with Crippen LogP contribution in [0.2, 0.25) is 0 Å². The molecule has 0 aromatic rings. The zero-order valence-corrected chi connectivity index (χ0v) is 8.49. The molecule has 3 nitrogen and oxygen atoms in total. The molecule has 0 amide bonds. The number of esters is 1. The summed E-state index contributed by atoms with van der Waals surface area (Å²) in [6.07, 6.45) is 6.89. The van der Waals surface area contributed by atoms with E-state index in [0.717, 1.165) is 19.3 Å². The van der Waals surface area contributed by atoms with E-state index in [4.69, 9.17) is 9.47 Å². The summed E-state index contributed by atoms with van der Waals surface area (Å²) in [7, 11) is 0. The molecule has 0 aromatic heterocycles. The Labute approximate surface area is 84.1 Å². The van der Waals surface area contributed by atoms with Crippen molar-refractivity contribution in [3.63, 3.8) is 0 Å². The molecule has 1 saturated carbocycles. The minimum Gasteiger partial charge on any atom is -0.462 e. The summed E-state index contributed by atoms with van der Waals surface area (Å²) in [5, 5.41) is 0. The third kappa shape index (κ3) is 2.35. The van der Waals surface area contributed by atoms with Gasteiger partial charge >= 0.3 is 5.97 Å². The Balaban J connectivity index is 1.78. The molecular weight excluding hydrogens is 180 g/mol. The maximum atomic E-state index is 11.3. The van der Waals surface area contributed by atoms with E-state index < -0.39 is 0 Å². The van der Waals surface area contributed by atoms with Crippen LogP contribution in [0.15, 0.2) is 12.2 Å². The van der Waals surface area contributed by atoms with Crippen molar-refractivity contribution < 1.29 is 14.3 Å². The third-order valence-corrected chi connectivity index (χ3v) is 2.67. The first-order valence-corrected chi connectivity index (χ1v) is 5.15. The molecule has 0 radical (unpaired) electrons. The van der Waals surface area contributed by atoms with E-state index in [1.807, 2.05) is 13.0 Å². The topological polar surface area (TPSA) is 35.5 Å². The van der Waals surface area contributed by atoms with Crippen LogP contribution in [0.25, 0.3) is 0 Å². The van der Waals surface area contributed by atoms with E-state index in [1.165, 1.54) is 0 Å². The van der Waals surface area contributed by atoms with Crippen molar-refractivity contribution in [2.24, 2.45) is 5.92 Å².